The minimum Gasteiger partial charge on any atom is -0.508 e. The maximum Gasteiger partial charge on any atom is 0.202 e. The van der Waals surface area contributed by atoms with Crippen molar-refractivity contribution in [3.8, 4) is 23.0 Å². The first-order chi connectivity index (χ1) is 18.7. The van der Waals surface area contributed by atoms with Crippen molar-refractivity contribution in [2.24, 2.45) is 5.41 Å². The van der Waals surface area contributed by atoms with E-state index in [1.165, 1.54) is 19.3 Å². The summed E-state index contributed by atoms with van der Waals surface area (Å²) in [5.74, 6) is 2.26. The second kappa shape index (κ2) is 11.3. The molecule has 1 saturated heterocycles. The molecule has 0 aliphatic carbocycles. The Morgan fingerprint density at radius 2 is 1.59 bits per heavy atom. The number of aliphatic hydroxyl groups is 1. The predicted molar refractivity (Wildman–Crippen MR) is 154 cm³/mol. The highest BCUT2D eigenvalue weighted by atomic mass is 16.6. The first kappa shape index (κ1) is 27.1. The van der Waals surface area contributed by atoms with Crippen LogP contribution in [-0.4, -0.2) is 41.2 Å². The van der Waals surface area contributed by atoms with Crippen molar-refractivity contribution in [3.05, 3.63) is 83.4 Å². The van der Waals surface area contributed by atoms with E-state index in [0.717, 1.165) is 46.7 Å². The van der Waals surface area contributed by atoms with Crippen LogP contribution < -0.4 is 14.2 Å². The molecule has 2 heterocycles. The van der Waals surface area contributed by atoms with Crippen LogP contribution in [0.25, 0.3) is 11.1 Å². The molecule has 0 amide bonds. The maximum atomic E-state index is 10.4. The van der Waals surface area contributed by atoms with Gasteiger partial charge in [0.1, 0.15) is 35.8 Å². The molecule has 3 aromatic rings. The number of nitrogens with zero attached hydrogens (tertiary/aromatic N) is 1. The Morgan fingerprint density at radius 3 is 2.26 bits per heavy atom. The third-order valence-corrected chi connectivity index (χ3v) is 7.48. The number of aliphatic hydroxyl groups excluding tert-OH is 1. The van der Waals surface area contributed by atoms with Gasteiger partial charge in [-0.3, -0.25) is 4.90 Å². The molecule has 1 fully saturated rings. The van der Waals surface area contributed by atoms with Gasteiger partial charge in [-0.15, -0.1) is 0 Å². The predicted octanol–water partition coefficient (Wildman–Crippen LogP) is 7.02. The molecule has 6 heteroatoms. The fourth-order valence-corrected chi connectivity index (χ4v) is 5.06. The van der Waals surface area contributed by atoms with Gasteiger partial charge in [-0.1, -0.05) is 51.5 Å². The molecule has 1 unspecified atom stereocenters. The zero-order chi connectivity index (χ0) is 27.6. The molecule has 2 atom stereocenters. The van der Waals surface area contributed by atoms with E-state index in [4.69, 9.17) is 14.2 Å². The zero-order valence-electron chi connectivity index (χ0n) is 23.3. The van der Waals surface area contributed by atoms with Crippen LogP contribution in [0.2, 0.25) is 0 Å². The molecule has 206 valence electrons. The van der Waals surface area contributed by atoms with E-state index in [0.29, 0.717) is 18.2 Å². The number of piperidine rings is 1. The number of phenols is 1. The number of allylic oxidation sites excluding steroid dienone is 1. The van der Waals surface area contributed by atoms with Gasteiger partial charge >= 0.3 is 0 Å². The summed E-state index contributed by atoms with van der Waals surface area (Å²) >= 11 is 0. The van der Waals surface area contributed by atoms with Crippen molar-refractivity contribution in [3.63, 3.8) is 0 Å². The highest BCUT2D eigenvalue weighted by molar-refractivity contribution is 5.95. The van der Waals surface area contributed by atoms with E-state index in [1.807, 2.05) is 63.2 Å². The van der Waals surface area contributed by atoms with Gasteiger partial charge in [-0.05, 0) is 72.9 Å². The van der Waals surface area contributed by atoms with Gasteiger partial charge in [0.05, 0.1) is 0 Å². The molecule has 0 aromatic heterocycles. The standard InChI is InChI=1S/C33H39NO5/c1-22-28-17-12-25(35)20-29(28)39-31(24-10-13-26(14-11-24)37-21-34-18-6-5-7-19-34)30(22)23-8-15-27(16-9-23)38-32(36)33(2,3)4/h8-17,20,31-32,35-36H,5-7,18-19,21H2,1-4H3/t31-,32?/m0/s1. The average molecular weight is 530 g/mol. The topological polar surface area (TPSA) is 71.4 Å². The van der Waals surface area contributed by atoms with Crippen molar-refractivity contribution in [2.75, 3.05) is 19.8 Å². The summed E-state index contributed by atoms with van der Waals surface area (Å²) in [5, 5.41) is 20.5. The van der Waals surface area contributed by atoms with Gasteiger partial charge in [0.2, 0.25) is 6.29 Å². The first-order valence-corrected chi connectivity index (χ1v) is 13.8. The van der Waals surface area contributed by atoms with Crippen LogP contribution in [0.1, 0.15) is 69.8 Å². The fraction of sp³-hybridized carbons (Fsp3) is 0.394. The van der Waals surface area contributed by atoms with Crippen molar-refractivity contribution in [1.29, 1.82) is 0 Å². The molecule has 2 aliphatic rings. The molecule has 6 nitrogen and oxygen atoms in total. The van der Waals surface area contributed by atoms with E-state index in [1.54, 1.807) is 12.1 Å². The molecule has 0 saturated carbocycles. The monoisotopic (exact) mass is 529 g/mol. The zero-order valence-corrected chi connectivity index (χ0v) is 23.3. The Morgan fingerprint density at radius 1 is 0.923 bits per heavy atom. The summed E-state index contributed by atoms with van der Waals surface area (Å²) in [7, 11) is 0. The van der Waals surface area contributed by atoms with Crippen LogP contribution in [0.15, 0.2) is 66.7 Å². The highest BCUT2D eigenvalue weighted by Crippen LogP contribution is 2.47. The molecule has 5 rings (SSSR count). The molecule has 0 spiro atoms. The van der Waals surface area contributed by atoms with E-state index in [2.05, 4.69) is 24.0 Å². The quantitative estimate of drug-likeness (QED) is 0.321. The molecular formula is C33H39NO5. The Kier molecular flexibility index (Phi) is 7.87. The van der Waals surface area contributed by atoms with E-state index >= 15 is 0 Å². The van der Waals surface area contributed by atoms with Crippen molar-refractivity contribution < 1.29 is 24.4 Å². The molecule has 0 bridgehead atoms. The van der Waals surface area contributed by atoms with Crippen molar-refractivity contribution in [1.82, 2.24) is 4.90 Å². The number of benzene rings is 3. The lowest BCUT2D eigenvalue weighted by atomic mass is 9.86. The number of phenolic OH excluding ortho intramolecular Hbond substituents is 1. The lowest BCUT2D eigenvalue weighted by Gasteiger charge is -2.31. The van der Waals surface area contributed by atoms with Gasteiger partial charge in [0.25, 0.3) is 0 Å². The molecule has 3 aromatic carbocycles. The lowest BCUT2D eigenvalue weighted by Crippen LogP contribution is -2.33. The SMILES string of the molecule is CC1=C(c2ccc(OC(O)C(C)(C)C)cc2)[C@H](c2ccc(OCN3CCCCC3)cc2)Oc2cc(O)ccc21. The van der Waals surface area contributed by atoms with Crippen LogP contribution in [0.5, 0.6) is 23.0 Å². The van der Waals surface area contributed by atoms with E-state index in [-0.39, 0.29) is 17.3 Å². The fourth-order valence-electron chi connectivity index (χ4n) is 5.06. The molecular weight excluding hydrogens is 490 g/mol. The van der Waals surface area contributed by atoms with E-state index < -0.39 is 6.29 Å². The largest absolute Gasteiger partial charge is 0.508 e. The molecule has 39 heavy (non-hydrogen) atoms. The number of hydrogen-bond donors (Lipinski definition) is 2. The van der Waals surface area contributed by atoms with Crippen molar-refractivity contribution >= 4 is 11.1 Å². The van der Waals surface area contributed by atoms with Gasteiger partial charge in [0.15, 0.2) is 0 Å². The summed E-state index contributed by atoms with van der Waals surface area (Å²) in [6.45, 7) is 10.7. The van der Waals surface area contributed by atoms with E-state index in [9.17, 15) is 10.2 Å². The van der Waals surface area contributed by atoms with Crippen molar-refractivity contribution in [2.45, 2.75) is 59.4 Å². The first-order valence-electron chi connectivity index (χ1n) is 13.8. The summed E-state index contributed by atoms with van der Waals surface area (Å²) in [6.07, 6.45) is 2.48. The van der Waals surface area contributed by atoms with Gasteiger partial charge < -0.3 is 24.4 Å². The Bertz CT molecular complexity index is 1300. The summed E-state index contributed by atoms with van der Waals surface area (Å²) in [4.78, 5) is 2.35. The number of likely N-dealkylation sites (tertiary alicyclic amines) is 1. The Labute approximate surface area is 231 Å². The average Bonchev–Trinajstić information content (AvgIpc) is 2.92. The van der Waals surface area contributed by atoms with Gasteiger partial charge in [-0.2, -0.15) is 0 Å². The van der Waals surface area contributed by atoms with Crippen LogP contribution in [0.4, 0.5) is 0 Å². The Balaban J connectivity index is 1.42. The second-order valence-electron chi connectivity index (χ2n) is 11.6. The highest BCUT2D eigenvalue weighted by Gasteiger charge is 2.30. The number of hydrogen-bond acceptors (Lipinski definition) is 6. The Hall–Kier alpha value is -3.48. The summed E-state index contributed by atoms with van der Waals surface area (Å²) < 4.78 is 18.4. The van der Waals surface area contributed by atoms with Crippen LogP contribution in [0, 0.1) is 5.41 Å². The number of ether oxygens (including phenoxy) is 3. The minimum atomic E-state index is -0.912. The second-order valence-corrected chi connectivity index (χ2v) is 11.6. The lowest BCUT2D eigenvalue weighted by molar-refractivity contribution is -0.0931. The number of aromatic hydroxyl groups is 1. The minimum absolute atomic E-state index is 0.170. The number of fused-ring (bicyclic) bond motifs is 1. The third-order valence-electron chi connectivity index (χ3n) is 7.48. The van der Waals surface area contributed by atoms with Crippen LogP contribution >= 0.6 is 0 Å². The summed E-state index contributed by atoms with van der Waals surface area (Å²) in [5.41, 5.74) is 4.67. The smallest absolute Gasteiger partial charge is 0.202 e. The van der Waals surface area contributed by atoms with Gasteiger partial charge in [-0.25, -0.2) is 0 Å². The van der Waals surface area contributed by atoms with Gasteiger partial charge in [0, 0.05) is 35.7 Å². The molecule has 2 N–H and O–H groups in total. The van der Waals surface area contributed by atoms with Crippen LogP contribution in [-0.2, 0) is 0 Å². The normalized spacial score (nSPS) is 18.7. The summed E-state index contributed by atoms with van der Waals surface area (Å²) in [6, 6.07) is 21.1. The molecule has 0 radical (unpaired) electrons. The number of rotatable bonds is 7. The van der Waals surface area contributed by atoms with Crippen LogP contribution in [0.3, 0.4) is 0 Å². The third kappa shape index (κ3) is 6.23. The maximum absolute atomic E-state index is 10.4. The molecule has 2 aliphatic heterocycles.